The number of methoxy groups -OCH3 is 1. The van der Waals surface area contributed by atoms with Crippen LogP contribution in [0.3, 0.4) is 0 Å². The minimum Gasteiger partial charge on any atom is -0.495 e. The fraction of sp³-hybridized carbons (Fsp3) is 0.357. The predicted octanol–water partition coefficient (Wildman–Crippen LogP) is 4.24. The van der Waals surface area contributed by atoms with Crippen LogP contribution in [0.15, 0.2) is 60.0 Å². The van der Waals surface area contributed by atoms with Crippen LogP contribution < -0.4 is 25.2 Å². The van der Waals surface area contributed by atoms with E-state index in [1.165, 1.54) is 11.3 Å². The van der Waals surface area contributed by atoms with E-state index >= 15 is 0 Å². The largest absolute Gasteiger partial charge is 0.495 e. The van der Waals surface area contributed by atoms with E-state index in [0.717, 1.165) is 62.8 Å². The molecule has 1 atom stereocenters. The highest BCUT2D eigenvalue weighted by Crippen LogP contribution is 2.31. The minimum atomic E-state index is -0.182. The first-order valence-electron chi connectivity index (χ1n) is 12.6. The average molecular weight is 521 g/mol. The van der Waals surface area contributed by atoms with E-state index < -0.39 is 0 Å². The lowest BCUT2D eigenvalue weighted by atomic mass is 10.1. The van der Waals surface area contributed by atoms with Crippen molar-refractivity contribution in [3.63, 3.8) is 0 Å². The maximum absolute atomic E-state index is 13.4. The molecule has 2 amide bonds. The Balaban J connectivity index is 1.33. The van der Waals surface area contributed by atoms with Gasteiger partial charge in [0.05, 0.1) is 29.3 Å². The number of nitrogens with zero attached hydrogens (tertiary/aromatic N) is 2. The second-order valence-corrected chi connectivity index (χ2v) is 10.1. The molecule has 37 heavy (non-hydrogen) atoms. The van der Waals surface area contributed by atoms with Crippen molar-refractivity contribution in [1.29, 1.82) is 0 Å². The van der Waals surface area contributed by atoms with E-state index in [4.69, 9.17) is 9.47 Å². The summed E-state index contributed by atoms with van der Waals surface area (Å²) in [5.74, 6) is 0.514. The van der Waals surface area contributed by atoms with E-state index in [9.17, 15) is 9.59 Å². The van der Waals surface area contributed by atoms with Crippen molar-refractivity contribution >= 4 is 40.2 Å². The van der Waals surface area contributed by atoms with Crippen molar-refractivity contribution in [3.05, 3.63) is 70.4 Å². The van der Waals surface area contributed by atoms with Gasteiger partial charge in [0.2, 0.25) is 0 Å². The molecule has 2 aliphatic rings. The number of anilines is 3. The van der Waals surface area contributed by atoms with Gasteiger partial charge in [-0.05, 0) is 54.6 Å². The second-order valence-electron chi connectivity index (χ2n) is 9.15. The molecule has 2 saturated heterocycles. The lowest BCUT2D eigenvalue weighted by Crippen LogP contribution is -2.47. The molecule has 1 aromatic heterocycles. The lowest BCUT2D eigenvalue weighted by molar-refractivity contribution is 0.0858. The Hall–Kier alpha value is -3.56. The standard InChI is InChI=1S/C28H32N4O4S/c1-35-25-8-3-2-7-24(25)32-14-12-31(13-15-32)23-11-10-20(30-28(34)26-9-5-17-37-26)18-22(23)27(33)29-19-21-6-4-16-36-21/h2-3,5,7-11,17-18,21H,4,6,12-16,19H2,1H3,(H,29,33)(H,30,34). The van der Waals surface area contributed by atoms with Crippen molar-refractivity contribution in [3.8, 4) is 5.75 Å². The van der Waals surface area contributed by atoms with Crippen molar-refractivity contribution in [2.24, 2.45) is 0 Å². The minimum absolute atomic E-state index is 0.0542. The van der Waals surface area contributed by atoms with Crippen LogP contribution in [0.2, 0.25) is 0 Å². The summed E-state index contributed by atoms with van der Waals surface area (Å²) in [4.78, 5) is 31.2. The van der Waals surface area contributed by atoms with E-state index in [1.807, 2.05) is 41.8 Å². The number of amides is 2. The van der Waals surface area contributed by atoms with Gasteiger partial charge in [-0.3, -0.25) is 9.59 Å². The van der Waals surface area contributed by atoms with Crippen molar-refractivity contribution in [2.75, 3.05) is 61.6 Å². The zero-order chi connectivity index (χ0) is 25.6. The van der Waals surface area contributed by atoms with Gasteiger partial charge in [-0.2, -0.15) is 0 Å². The molecule has 3 heterocycles. The Morgan fingerprint density at radius 1 is 1.00 bits per heavy atom. The number of hydrogen-bond acceptors (Lipinski definition) is 7. The monoisotopic (exact) mass is 520 g/mol. The molecule has 2 N–H and O–H groups in total. The molecule has 2 aliphatic heterocycles. The number of nitrogens with one attached hydrogen (secondary N) is 2. The van der Waals surface area contributed by atoms with Crippen LogP contribution in [0.25, 0.3) is 0 Å². The van der Waals surface area contributed by atoms with Crippen molar-refractivity contribution in [1.82, 2.24) is 5.32 Å². The first-order valence-corrected chi connectivity index (χ1v) is 13.5. The first-order chi connectivity index (χ1) is 18.1. The fourth-order valence-corrected chi connectivity index (χ4v) is 5.48. The van der Waals surface area contributed by atoms with Crippen LogP contribution in [-0.4, -0.2) is 64.4 Å². The van der Waals surface area contributed by atoms with Gasteiger partial charge in [0, 0.05) is 50.7 Å². The summed E-state index contributed by atoms with van der Waals surface area (Å²) in [5.41, 5.74) is 3.08. The van der Waals surface area contributed by atoms with E-state index in [-0.39, 0.29) is 17.9 Å². The van der Waals surface area contributed by atoms with Crippen LogP contribution in [-0.2, 0) is 4.74 Å². The molecule has 0 aliphatic carbocycles. The number of carbonyl (C=O) groups excluding carboxylic acids is 2. The number of rotatable bonds is 8. The average Bonchev–Trinajstić information content (AvgIpc) is 3.67. The molecule has 0 spiro atoms. The van der Waals surface area contributed by atoms with Gasteiger partial charge < -0.3 is 29.9 Å². The summed E-state index contributed by atoms with van der Waals surface area (Å²) < 4.78 is 11.2. The van der Waals surface area contributed by atoms with Gasteiger partial charge in [0.25, 0.3) is 11.8 Å². The predicted molar refractivity (Wildman–Crippen MR) is 147 cm³/mol. The smallest absolute Gasteiger partial charge is 0.265 e. The zero-order valence-corrected chi connectivity index (χ0v) is 21.8. The van der Waals surface area contributed by atoms with Crippen LogP contribution in [0.1, 0.15) is 32.9 Å². The molecule has 0 radical (unpaired) electrons. The molecule has 1 unspecified atom stereocenters. The zero-order valence-electron chi connectivity index (χ0n) is 20.9. The number of benzene rings is 2. The van der Waals surface area contributed by atoms with Gasteiger partial charge in [-0.25, -0.2) is 0 Å². The Bertz CT molecular complexity index is 1220. The van der Waals surface area contributed by atoms with Gasteiger partial charge in [0.15, 0.2) is 0 Å². The SMILES string of the molecule is COc1ccccc1N1CCN(c2ccc(NC(=O)c3cccs3)cc2C(=O)NCC2CCCO2)CC1. The highest BCUT2D eigenvalue weighted by molar-refractivity contribution is 7.12. The maximum Gasteiger partial charge on any atom is 0.265 e. The topological polar surface area (TPSA) is 83.1 Å². The maximum atomic E-state index is 13.4. The van der Waals surface area contributed by atoms with Crippen molar-refractivity contribution in [2.45, 2.75) is 18.9 Å². The molecular weight excluding hydrogens is 488 g/mol. The van der Waals surface area contributed by atoms with Crippen LogP contribution >= 0.6 is 11.3 Å². The Labute approximate surface area is 221 Å². The second kappa shape index (κ2) is 11.7. The number of hydrogen-bond donors (Lipinski definition) is 2. The summed E-state index contributed by atoms with van der Waals surface area (Å²) in [6.07, 6.45) is 2.03. The lowest BCUT2D eigenvalue weighted by Gasteiger charge is -2.38. The molecule has 3 aromatic rings. The molecule has 0 saturated carbocycles. The molecule has 2 fully saturated rings. The Kier molecular flexibility index (Phi) is 7.91. The molecule has 9 heteroatoms. The summed E-state index contributed by atoms with van der Waals surface area (Å²) in [5, 5.41) is 7.85. The highest BCUT2D eigenvalue weighted by atomic mass is 32.1. The number of ether oxygens (including phenoxy) is 2. The third kappa shape index (κ3) is 5.89. The van der Waals surface area contributed by atoms with Crippen LogP contribution in [0.5, 0.6) is 5.75 Å². The number of thiophene rings is 1. The Morgan fingerprint density at radius 3 is 2.49 bits per heavy atom. The highest BCUT2D eigenvalue weighted by Gasteiger charge is 2.25. The van der Waals surface area contributed by atoms with E-state index in [1.54, 1.807) is 19.2 Å². The quantitative estimate of drug-likeness (QED) is 0.462. The fourth-order valence-electron chi connectivity index (χ4n) is 4.86. The number of para-hydroxylation sites is 2. The van der Waals surface area contributed by atoms with Gasteiger partial charge in [0.1, 0.15) is 5.75 Å². The number of piperazine rings is 1. The summed E-state index contributed by atoms with van der Waals surface area (Å²) in [6, 6.07) is 17.2. The van der Waals surface area contributed by atoms with E-state index in [0.29, 0.717) is 22.7 Å². The Morgan fingerprint density at radius 2 is 1.78 bits per heavy atom. The third-order valence-corrected chi connectivity index (χ3v) is 7.67. The molecular formula is C28H32N4O4S. The van der Waals surface area contributed by atoms with Gasteiger partial charge in [-0.1, -0.05) is 18.2 Å². The molecule has 2 aromatic carbocycles. The molecule has 8 nitrogen and oxygen atoms in total. The molecule has 5 rings (SSSR count). The summed E-state index contributed by atoms with van der Waals surface area (Å²) in [7, 11) is 1.69. The van der Waals surface area contributed by atoms with Crippen LogP contribution in [0, 0.1) is 0 Å². The first kappa shape index (κ1) is 25.1. The molecule has 194 valence electrons. The van der Waals surface area contributed by atoms with Gasteiger partial charge >= 0.3 is 0 Å². The molecule has 0 bridgehead atoms. The van der Waals surface area contributed by atoms with E-state index in [2.05, 4.69) is 26.5 Å². The van der Waals surface area contributed by atoms with Crippen molar-refractivity contribution < 1.29 is 19.1 Å². The third-order valence-electron chi connectivity index (χ3n) is 6.80. The normalized spacial score (nSPS) is 17.5. The van der Waals surface area contributed by atoms with Crippen LogP contribution in [0.4, 0.5) is 17.1 Å². The van der Waals surface area contributed by atoms with Gasteiger partial charge in [-0.15, -0.1) is 11.3 Å². The summed E-state index contributed by atoms with van der Waals surface area (Å²) >= 11 is 1.38. The summed E-state index contributed by atoms with van der Waals surface area (Å²) in [6.45, 7) is 4.33. The number of carbonyl (C=O) groups is 2.